The number of hydrogen-bond acceptors (Lipinski definition) is 2. The Morgan fingerprint density at radius 3 is 2.83 bits per heavy atom. The predicted molar refractivity (Wildman–Crippen MR) is 70.0 cm³/mol. The molecule has 0 saturated carbocycles. The largest absolute Gasteiger partial charge is 0.367 e. The van der Waals surface area contributed by atoms with Crippen LogP contribution in [0.1, 0.15) is 25.3 Å². The molecule has 0 bridgehead atoms. The fraction of sp³-hybridized carbons (Fsp3) is 0.571. The van der Waals surface area contributed by atoms with Crippen molar-refractivity contribution in [2.75, 3.05) is 24.5 Å². The van der Waals surface area contributed by atoms with E-state index in [0.29, 0.717) is 17.3 Å². The molecule has 1 atom stereocenters. The number of nitrogens with zero attached hydrogens (tertiary/aromatic N) is 1. The van der Waals surface area contributed by atoms with Crippen LogP contribution in [0.15, 0.2) is 12.1 Å². The maximum absolute atomic E-state index is 13.8. The summed E-state index contributed by atoms with van der Waals surface area (Å²) in [6.07, 6.45) is 2.07. The molecule has 1 saturated heterocycles. The van der Waals surface area contributed by atoms with Gasteiger partial charge in [0.05, 0.1) is 5.69 Å². The molecule has 0 spiro atoms. The first-order chi connectivity index (χ1) is 8.61. The Bertz CT molecular complexity index is 421. The van der Waals surface area contributed by atoms with E-state index in [9.17, 15) is 8.78 Å². The van der Waals surface area contributed by atoms with E-state index in [-0.39, 0.29) is 11.6 Å². The monoisotopic (exact) mass is 254 g/mol. The van der Waals surface area contributed by atoms with Gasteiger partial charge in [0.25, 0.3) is 0 Å². The van der Waals surface area contributed by atoms with Crippen LogP contribution in [0, 0.1) is 18.6 Å². The summed E-state index contributed by atoms with van der Waals surface area (Å²) in [4.78, 5) is 1.92. The average Bonchev–Trinajstić information content (AvgIpc) is 2.79. The van der Waals surface area contributed by atoms with Crippen molar-refractivity contribution >= 4 is 5.69 Å². The Morgan fingerprint density at radius 1 is 1.33 bits per heavy atom. The van der Waals surface area contributed by atoms with E-state index in [0.717, 1.165) is 32.5 Å². The summed E-state index contributed by atoms with van der Waals surface area (Å²) < 4.78 is 27.3. The van der Waals surface area contributed by atoms with Crippen LogP contribution >= 0.6 is 0 Å². The van der Waals surface area contributed by atoms with Crippen molar-refractivity contribution < 1.29 is 8.78 Å². The van der Waals surface area contributed by atoms with Crippen molar-refractivity contribution in [3.8, 4) is 0 Å². The highest BCUT2D eigenvalue weighted by atomic mass is 19.1. The van der Waals surface area contributed by atoms with E-state index >= 15 is 0 Å². The molecule has 0 aliphatic carbocycles. The third-order valence-corrected chi connectivity index (χ3v) is 3.44. The zero-order valence-electron chi connectivity index (χ0n) is 11.0. The minimum absolute atomic E-state index is 0.329. The second-order valence-corrected chi connectivity index (χ2v) is 4.94. The van der Waals surface area contributed by atoms with Crippen molar-refractivity contribution in [3.63, 3.8) is 0 Å². The van der Waals surface area contributed by atoms with E-state index in [1.807, 2.05) is 4.90 Å². The zero-order chi connectivity index (χ0) is 13.1. The lowest BCUT2D eigenvalue weighted by Crippen LogP contribution is -2.33. The average molecular weight is 254 g/mol. The third-order valence-electron chi connectivity index (χ3n) is 3.44. The predicted octanol–water partition coefficient (Wildman–Crippen LogP) is 2.85. The van der Waals surface area contributed by atoms with E-state index in [1.165, 1.54) is 12.1 Å². The summed E-state index contributed by atoms with van der Waals surface area (Å²) in [7, 11) is 0. The van der Waals surface area contributed by atoms with Gasteiger partial charge in [0.2, 0.25) is 0 Å². The summed E-state index contributed by atoms with van der Waals surface area (Å²) >= 11 is 0. The van der Waals surface area contributed by atoms with Crippen molar-refractivity contribution in [2.24, 2.45) is 0 Å². The summed E-state index contributed by atoms with van der Waals surface area (Å²) in [5, 5.41) is 3.42. The highest BCUT2D eigenvalue weighted by Crippen LogP contribution is 2.26. The van der Waals surface area contributed by atoms with Gasteiger partial charge in [-0.05, 0) is 37.9 Å². The van der Waals surface area contributed by atoms with Gasteiger partial charge in [0.1, 0.15) is 11.6 Å². The molecule has 1 unspecified atom stereocenters. The van der Waals surface area contributed by atoms with Crippen LogP contribution < -0.4 is 10.2 Å². The van der Waals surface area contributed by atoms with Gasteiger partial charge in [-0.25, -0.2) is 8.78 Å². The Hall–Kier alpha value is -1.16. The summed E-state index contributed by atoms with van der Waals surface area (Å²) in [5.41, 5.74) is 0.745. The molecule has 2 nitrogen and oxygen atoms in total. The maximum atomic E-state index is 13.8. The van der Waals surface area contributed by atoms with Crippen molar-refractivity contribution in [3.05, 3.63) is 29.3 Å². The Balaban J connectivity index is 2.07. The molecule has 18 heavy (non-hydrogen) atoms. The smallest absolute Gasteiger partial charge is 0.146 e. The molecule has 1 aromatic carbocycles. The van der Waals surface area contributed by atoms with Crippen LogP contribution in [-0.4, -0.2) is 25.7 Å². The Kier molecular flexibility index (Phi) is 4.17. The first kappa shape index (κ1) is 13.3. The molecule has 0 amide bonds. The van der Waals surface area contributed by atoms with Gasteiger partial charge in [-0.1, -0.05) is 6.92 Å². The molecular formula is C14H20F2N2. The number of hydrogen-bond donors (Lipinski definition) is 1. The molecule has 100 valence electrons. The minimum Gasteiger partial charge on any atom is -0.367 e. The first-order valence-corrected chi connectivity index (χ1v) is 6.55. The minimum atomic E-state index is -0.337. The SMILES string of the molecule is CCCNC1CCN(c2cc(F)c(C)cc2F)C1. The van der Waals surface area contributed by atoms with Gasteiger partial charge < -0.3 is 10.2 Å². The Morgan fingerprint density at radius 2 is 2.11 bits per heavy atom. The third kappa shape index (κ3) is 2.80. The van der Waals surface area contributed by atoms with Crippen molar-refractivity contribution in [1.29, 1.82) is 0 Å². The number of halogens is 2. The van der Waals surface area contributed by atoms with E-state index < -0.39 is 0 Å². The quantitative estimate of drug-likeness (QED) is 0.889. The molecule has 1 fully saturated rings. The lowest BCUT2D eigenvalue weighted by atomic mass is 10.2. The molecule has 1 N–H and O–H groups in total. The van der Waals surface area contributed by atoms with Crippen LogP contribution in [-0.2, 0) is 0 Å². The molecule has 2 rings (SSSR count). The van der Waals surface area contributed by atoms with Crippen molar-refractivity contribution in [1.82, 2.24) is 5.32 Å². The molecule has 1 aliphatic heterocycles. The van der Waals surface area contributed by atoms with Crippen LogP contribution in [0.2, 0.25) is 0 Å². The topological polar surface area (TPSA) is 15.3 Å². The van der Waals surface area contributed by atoms with Gasteiger partial charge >= 0.3 is 0 Å². The lowest BCUT2D eigenvalue weighted by Gasteiger charge is -2.20. The second-order valence-electron chi connectivity index (χ2n) is 4.94. The van der Waals surface area contributed by atoms with Crippen molar-refractivity contribution in [2.45, 2.75) is 32.7 Å². The number of aryl methyl sites for hydroxylation is 1. The second kappa shape index (κ2) is 5.65. The highest BCUT2D eigenvalue weighted by Gasteiger charge is 2.24. The van der Waals surface area contributed by atoms with Gasteiger partial charge in [0, 0.05) is 25.2 Å². The molecule has 0 radical (unpaired) electrons. The molecule has 1 aliphatic rings. The molecule has 0 aromatic heterocycles. The van der Waals surface area contributed by atoms with Gasteiger partial charge in [-0.3, -0.25) is 0 Å². The summed E-state index contributed by atoms with van der Waals surface area (Å²) in [6, 6.07) is 2.97. The first-order valence-electron chi connectivity index (χ1n) is 6.55. The molecular weight excluding hydrogens is 234 g/mol. The number of benzene rings is 1. The zero-order valence-corrected chi connectivity index (χ0v) is 11.0. The normalized spacial score (nSPS) is 19.6. The van der Waals surface area contributed by atoms with E-state index in [1.54, 1.807) is 6.92 Å². The highest BCUT2D eigenvalue weighted by molar-refractivity contribution is 5.50. The fourth-order valence-electron chi connectivity index (χ4n) is 2.37. The number of nitrogens with one attached hydrogen (secondary N) is 1. The van der Waals surface area contributed by atoms with Crippen LogP contribution in [0.5, 0.6) is 0 Å². The molecule has 1 heterocycles. The van der Waals surface area contributed by atoms with E-state index in [4.69, 9.17) is 0 Å². The molecule has 1 aromatic rings. The standard InChI is InChI=1S/C14H20F2N2/c1-3-5-17-11-4-6-18(9-11)14-8-12(15)10(2)7-13(14)16/h7-8,11,17H,3-6,9H2,1-2H3. The maximum Gasteiger partial charge on any atom is 0.146 e. The lowest BCUT2D eigenvalue weighted by molar-refractivity contribution is 0.547. The summed E-state index contributed by atoms with van der Waals surface area (Å²) in [5.74, 6) is -0.665. The number of anilines is 1. The molecule has 4 heteroatoms. The van der Waals surface area contributed by atoms with Crippen LogP contribution in [0.25, 0.3) is 0 Å². The Labute approximate surface area is 107 Å². The number of rotatable bonds is 4. The summed E-state index contributed by atoms with van der Waals surface area (Å²) in [6.45, 7) is 6.20. The van der Waals surface area contributed by atoms with E-state index in [2.05, 4.69) is 12.2 Å². The van der Waals surface area contributed by atoms with Gasteiger partial charge in [0.15, 0.2) is 0 Å². The fourth-order valence-corrected chi connectivity index (χ4v) is 2.37. The van der Waals surface area contributed by atoms with Crippen LogP contribution in [0.3, 0.4) is 0 Å². The van der Waals surface area contributed by atoms with Gasteiger partial charge in [-0.2, -0.15) is 0 Å². The van der Waals surface area contributed by atoms with Crippen LogP contribution in [0.4, 0.5) is 14.5 Å². The van der Waals surface area contributed by atoms with Gasteiger partial charge in [-0.15, -0.1) is 0 Å².